The number of rotatable bonds is 8. The number of carbonyl (C=O) groups excluding carboxylic acids is 1. The van der Waals surface area contributed by atoms with Crippen molar-refractivity contribution in [2.24, 2.45) is 5.92 Å². The summed E-state index contributed by atoms with van der Waals surface area (Å²) in [6.45, 7) is 1.79. The monoisotopic (exact) mass is 399 g/mol. The molecule has 0 unspecified atom stereocenters. The van der Waals surface area contributed by atoms with Gasteiger partial charge in [0.15, 0.2) is 10.4 Å². The van der Waals surface area contributed by atoms with Gasteiger partial charge in [-0.15, -0.1) is 0 Å². The first-order valence-corrected chi connectivity index (χ1v) is 9.58. The molecular formula is C12H15BrClNO5S. The van der Waals surface area contributed by atoms with E-state index >= 15 is 0 Å². The van der Waals surface area contributed by atoms with Gasteiger partial charge in [0, 0.05) is 36.5 Å². The van der Waals surface area contributed by atoms with Crippen molar-refractivity contribution in [3.63, 3.8) is 0 Å². The number of furan rings is 1. The van der Waals surface area contributed by atoms with Gasteiger partial charge in [-0.1, -0.05) is 0 Å². The number of hydrogen-bond donors (Lipinski definition) is 1. The number of carbonyl (C=O) groups is 1. The highest BCUT2D eigenvalue weighted by Crippen LogP contribution is 2.29. The van der Waals surface area contributed by atoms with Crippen molar-refractivity contribution in [3.05, 3.63) is 16.5 Å². The molecule has 1 fully saturated rings. The van der Waals surface area contributed by atoms with Gasteiger partial charge in [-0.3, -0.25) is 4.79 Å². The predicted octanol–water partition coefficient (Wildman–Crippen LogP) is 2.52. The Morgan fingerprint density at radius 2 is 2.24 bits per heavy atom. The first-order valence-electron chi connectivity index (χ1n) is 6.48. The molecule has 1 aromatic rings. The first-order chi connectivity index (χ1) is 9.88. The van der Waals surface area contributed by atoms with E-state index in [0.29, 0.717) is 19.6 Å². The Morgan fingerprint density at radius 3 is 2.81 bits per heavy atom. The highest BCUT2D eigenvalue weighted by atomic mass is 79.9. The van der Waals surface area contributed by atoms with Crippen molar-refractivity contribution in [3.8, 4) is 0 Å². The van der Waals surface area contributed by atoms with Crippen LogP contribution in [-0.2, 0) is 13.8 Å². The molecule has 1 amide bonds. The number of amides is 1. The second-order valence-corrected chi connectivity index (χ2v) is 8.07. The van der Waals surface area contributed by atoms with E-state index in [4.69, 9.17) is 19.8 Å². The molecule has 0 aliphatic heterocycles. The van der Waals surface area contributed by atoms with Crippen LogP contribution >= 0.6 is 26.6 Å². The van der Waals surface area contributed by atoms with Crippen LogP contribution in [0.1, 0.15) is 29.8 Å². The summed E-state index contributed by atoms with van der Waals surface area (Å²) in [6, 6.07) is 1.09. The van der Waals surface area contributed by atoms with Crippen molar-refractivity contribution in [1.82, 2.24) is 5.32 Å². The molecule has 0 radical (unpaired) electrons. The fourth-order valence-electron chi connectivity index (χ4n) is 1.63. The van der Waals surface area contributed by atoms with E-state index in [0.717, 1.165) is 18.6 Å². The zero-order chi connectivity index (χ0) is 15.5. The van der Waals surface area contributed by atoms with E-state index in [-0.39, 0.29) is 15.3 Å². The molecule has 1 aliphatic rings. The van der Waals surface area contributed by atoms with Gasteiger partial charge >= 0.3 is 0 Å². The Balaban J connectivity index is 1.75. The van der Waals surface area contributed by atoms with Crippen LogP contribution in [0.25, 0.3) is 0 Å². The van der Waals surface area contributed by atoms with Crippen LogP contribution in [0.15, 0.2) is 20.0 Å². The first kappa shape index (κ1) is 16.8. The molecule has 2 rings (SSSR count). The molecule has 1 aromatic heterocycles. The highest BCUT2D eigenvalue weighted by molar-refractivity contribution is 9.10. The fourth-order valence-corrected chi connectivity index (χ4v) is 3.66. The summed E-state index contributed by atoms with van der Waals surface area (Å²) < 4.78 is 32.8. The maximum atomic E-state index is 11.8. The molecule has 0 atom stereocenters. The Morgan fingerprint density at radius 1 is 1.52 bits per heavy atom. The van der Waals surface area contributed by atoms with Gasteiger partial charge in [0.2, 0.25) is 0 Å². The van der Waals surface area contributed by atoms with Crippen LogP contribution in [0.4, 0.5) is 0 Å². The van der Waals surface area contributed by atoms with Gasteiger partial charge in [-0.05, 0) is 41.1 Å². The van der Waals surface area contributed by atoms with Gasteiger partial charge < -0.3 is 14.5 Å². The summed E-state index contributed by atoms with van der Waals surface area (Å²) in [5, 5.41) is 2.62. The Kier molecular flexibility index (Phi) is 5.70. The standard InChI is InChI=1S/C12H15BrClNO5S/c13-11-10(21(14,17)18)6-9(20-11)12(16)15-4-1-5-19-7-8-2-3-8/h6,8H,1-5,7H2,(H,15,16). The second kappa shape index (κ2) is 7.13. The maximum absolute atomic E-state index is 11.8. The lowest BCUT2D eigenvalue weighted by molar-refractivity contribution is 0.0909. The van der Waals surface area contributed by atoms with E-state index in [1.165, 1.54) is 12.8 Å². The zero-order valence-electron chi connectivity index (χ0n) is 11.1. The smallest absolute Gasteiger partial charge is 0.287 e. The van der Waals surface area contributed by atoms with Gasteiger partial charge in [-0.25, -0.2) is 8.42 Å². The lowest BCUT2D eigenvalue weighted by Gasteiger charge is -2.04. The van der Waals surface area contributed by atoms with E-state index in [1.54, 1.807) is 0 Å². The molecule has 9 heteroatoms. The number of ether oxygens (including phenoxy) is 1. The SMILES string of the molecule is O=C(NCCCOCC1CC1)c1cc(S(=O)(=O)Cl)c(Br)o1. The van der Waals surface area contributed by atoms with Gasteiger partial charge in [-0.2, -0.15) is 0 Å². The van der Waals surface area contributed by atoms with Crippen LogP contribution in [-0.4, -0.2) is 34.1 Å². The van der Waals surface area contributed by atoms with Crippen molar-refractivity contribution in [2.45, 2.75) is 24.2 Å². The minimum Gasteiger partial charge on any atom is -0.443 e. The molecule has 1 saturated carbocycles. The van der Waals surface area contributed by atoms with Crippen molar-refractivity contribution in [1.29, 1.82) is 0 Å². The zero-order valence-corrected chi connectivity index (χ0v) is 14.3. The third kappa shape index (κ3) is 5.28. The predicted molar refractivity (Wildman–Crippen MR) is 79.9 cm³/mol. The average Bonchev–Trinajstić information content (AvgIpc) is 3.12. The topological polar surface area (TPSA) is 85.6 Å². The quantitative estimate of drug-likeness (QED) is 0.535. The summed E-state index contributed by atoms with van der Waals surface area (Å²) in [5.74, 6) is 0.112. The van der Waals surface area contributed by atoms with Crippen molar-refractivity contribution < 1.29 is 22.4 Å². The lowest BCUT2D eigenvalue weighted by atomic mass is 10.4. The second-order valence-electron chi connectivity index (χ2n) is 4.81. The number of nitrogens with one attached hydrogen (secondary N) is 1. The average molecular weight is 401 g/mol. The lowest BCUT2D eigenvalue weighted by Crippen LogP contribution is -2.24. The van der Waals surface area contributed by atoms with E-state index in [2.05, 4.69) is 21.2 Å². The van der Waals surface area contributed by atoms with Gasteiger partial charge in [0.05, 0.1) is 0 Å². The normalized spacial score (nSPS) is 15.1. The third-order valence-electron chi connectivity index (χ3n) is 2.94. The summed E-state index contributed by atoms with van der Waals surface area (Å²) in [6.07, 6.45) is 3.17. The molecule has 118 valence electrons. The minimum absolute atomic E-state index is 0.0876. The molecule has 1 N–H and O–H groups in total. The molecule has 0 aromatic carbocycles. The van der Waals surface area contributed by atoms with Crippen LogP contribution in [0.5, 0.6) is 0 Å². The van der Waals surface area contributed by atoms with Gasteiger partial charge in [0.1, 0.15) is 4.90 Å². The molecule has 21 heavy (non-hydrogen) atoms. The fraction of sp³-hybridized carbons (Fsp3) is 0.583. The van der Waals surface area contributed by atoms with E-state index in [1.807, 2.05) is 0 Å². The molecule has 1 heterocycles. The Bertz CT molecular complexity index is 611. The third-order valence-corrected chi connectivity index (χ3v) is 5.12. The largest absolute Gasteiger partial charge is 0.443 e. The van der Waals surface area contributed by atoms with E-state index < -0.39 is 15.0 Å². The summed E-state index contributed by atoms with van der Waals surface area (Å²) in [4.78, 5) is 11.5. The Hall–Kier alpha value is -0.570. The van der Waals surface area contributed by atoms with Crippen LogP contribution < -0.4 is 5.32 Å². The Labute approximate surface area is 135 Å². The molecule has 0 bridgehead atoms. The maximum Gasteiger partial charge on any atom is 0.287 e. The molecule has 1 aliphatic carbocycles. The van der Waals surface area contributed by atoms with Crippen molar-refractivity contribution >= 4 is 41.6 Å². The molecule has 6 nitrogen and oxygen atoms in total. The van der Waals surface area contributed by atoms with Gasteiger partial charge in [0.25, 0.3) is 15.0 Å². The molecule has 0 spiro atoms. The summed E-state index contributed by atoms with van der Waals surface area (Å²) >= 11 is 2.91. The van der Waals surface area contributed by atoms with Crippen molar-refractivity contribution in [2.75, 3.05) is 19.8 Å². The molecule has 0 saturated heterocycles. The number of halogens is 2. The van der Waals surface area contributed by atoms with E-state index in [9.17, 15) is 13.2 Å². The van der Waals surface area contributed by atoms with Crippen LogP contribution in [0, 0.1) is 5.92 Å². The van der Waals surface area contributed by atoms with Crippen LogP contribution in [0.2, 0.25) is 0 Å². The number of hydrogen-bond acceptors (Lipinski definition) is 5. The minimum atomic E-state index is -3.95. The summed E-state index contributed by atoms with van der Waals surface area (Å²) in [5.41, 5.74) is 0. The van der Waals surface area contributed by atoms with Crippen LogP contribution in [0.3, 0.4) is 0 Å². The summed E-state index contributed by atoms with van der Waals surface area (Å²) in [7, 11) is 1.26. The molecular weight excluding hydrogens is 386 g/mol. The highest BCUT2D eigenvalue weighted by Gasteiger charge is 2.23.